The second kappa shape index (κ2) is 5.85. The average Bonchev–Trinajstić information content (AvgIpc) is 3.04. The maximum absolute atomic E-state index is 12.9. The SMILES string of the molecule is NNc1nc(Sc2ccc(F)cc2)nc(-n2ccnc2)n1. The topological polar surface area (TPSA) is 94.5 Å². The van der Waals surface area contributed by atoms with Crippen molar-refractivity contribution >= 4 is 17.7 Å². The Morgan fingerprint density at radius 2 is 1.95 bits per heavy atom. The Morgan fingerprint density at radius 1 is 1.14 bits per heavy atom. The summed E-state index contributed by atoms with van der Waals surface area (Å²) in [6, 6.07) is 6.05. The first-order chi connectivity index (χ1) is 10.2. The molecule has 9 heteroatoms. The van der Waals surface area contributed by atoms with Gasteiger partial charge in [-0.3, -0.25) is 9.99 Å². The first-order valence-corrected chi connectivity index (χ1v) is 6.71. The molecule has 0 saturated heterocycles. The third-order valence-electron chi connectivity index (χ3n) is 2.49. The second-order valence-electron chi connectivity index (χ2n) is 3.91. The van der Waals surface area contributed by atoms with Crippen LogP contribution in [0.25, 0.3) is 5.95 Å². The van der Waals surface area contributed by atoms with E-state index in [9.17, 15) is 4.39 Å². The van der Waals surface area contributed by atoms with Crippen LogP contribution in [0.4, 0.5) is 10.3 Å². The summed E-state index contributed by atoms with van der Waals surface area (Å²) in [7, 11) is 0. The lowest BCUT2D eigenvalue weighted by molar-refractivity contribution is 0.626. The fraction of sp³-hybridized carbons (Fsp3) is 0. The molecule has 0 bridgehead atoms. The van der Waals surface area contributed by atoms with Crippen molar-refractivity contribution in [2.24, 2.45) is 5.84 Å². The Morgan fingerprint density at radius 3 is 2.62 bits per heavy atom. The number of halogens is 1. The molecule has 0 fully saturated rings. The van der Waals surface area contributed by atoms with Crippen molar-refractivity contribution in [3.63, 3.8) is 0 Å². The van der Waals surface area contributed by atoms with E-state index in [1.807, 2.05) is 0 Å². The molecule has 1 aromatic carbocycles. The standard InChI is InChI=1S/C12H10FN7S/c13-8-1-3-9(4-2-8)21-12-17-10(19-14)16-11(18-12)20-6-5-15-7-20/h1-7H,14H2,(H,16,17,18,19). The van der Waals surface area contributed by atoms with E-state index < -0.39 is 0 Å². The highest BCUT2D eigenvalue weighted by Gasteiger charge is 2.09. The quantitative estimate of drug-likeness (QED) is 0.559. The van der Waals surface area contributed by atoms with Crippen molar-refractivity contribution in [2.75, 3.05) is 5.43 Å². The van der Waals surface area contributed by atoms with Crippen LogP contribution < -0.4 is 11.3 Å². The first-order valence-electron chi connectivity index (χ1n) is 5.89. The molecule has 2 heterocycles. The molecule has 0 atom stereocenters. The Hall–Kier alpha value is -2.52. The summed E-state index contributed by atoms with van der Waals surface area (Å²) >= 11 is 1.28. The van der Waals surface area contributed by atoms with Crippen molar-refractivity contribution < 1.29 is 4.39 Å². The fourth-order valence-corrected chi connectivity index (χ4v) is 2.30. The molecule has 0 saturated carbocycles. The number of nitrogens with two attached hydrogens (primary N) is 1. The molecule has 2 aromatic heterocycles. The van der Waals surface area contributed by atoms with Crippen LogP contribution in [0.5, 0.6) is 0 Å². The summed E-state index contributed by atoms with van der Waals surface area (Å²) in [4.78, 5) is 17.4. The van der Waals surface area contributed by atoms with E-state index in [0.717, 1.165) is 4.90 Å². The Bertz CT molecular complexity index is 730. The third-order valence-corrected chi connectivity index (χ3v) is 3.36. The maximum Gasteiger partial charge on any atom is 0.242 e. The fourth-order valence-electron chi connectivity index (χ4n) is 1.56. The van der Waals surface area contributed by atoms with Crippen LogP contribution in [0.3, 0.4) is 0 Å². The van der Waals surface area contributed by atoms with E-state index in [1.165, 1.54) is 23.9 Å². The number of hydrazine groups is 1. The van der Waals surface area contributed by atoms with E-state index in [2.05, 4.69) is 25.4 Å². The molecule has 0 aliphatic carbocycles. The molecule has 0 aliphatic heterocycles. The van der Waals surface area contributed by atoms with Gasteiger partial charge in [0, 0.05) is 17.3 Å². The van der Waals surface area contributed by atoms with Crippen molar-refractivity contribution in [2.45, 2.75) is 10.1 Å². The number of hydrogen-bond acceptors (Lipinski definition) is 7. The number of anilines is 1. The van der Waals surface area contributed by atoms with E-state index >= 15 is 0 Å². The maximum atomic E-state index is 12.9. The normalized spacial score (nSPS) is 10.6. The van der Waals surface area contributed by atoms with Crippen LogP contribution in [-0.2, 0) is 0 Å². The molecular formula is C12H10FN7S. The van der Waals surface area contributed by atoms with E-state index in [1.54, 1.807) is 35.4 Å². The van der Waals surface area contributed by atoms with Gasteiger partial charge in [-0.25, -0.2) is 15.2 Å². The Labute approximate surface area is 123 Å². The highest BCUT2D eigenvalue weighted by molar-refractivity contribution is 7.99. The summed E-state index contributed by atoms with van der Waals surface area (Å²) in [5, 5.41) is 0.438. The van der Waals surface area contributed by atoms with Gasteiger partial charge in [0.2, 0.25) is 11.9 Å². The average molecular weight is 303 g/mol. The van der Waals surface area contributed by atoms with Gasteiger partial charge in [0.05, 0.1) is 0 Å². The van der Waals surface area contributed by atoms with Gasteiger partial charge in [0.1, 0.15) is 12.1 Å². The predicted octanol–water partition coefficient (Wildman–Crippen LogP) is 1.63. The Balaban J connectivity index is 1.94. The van der Waals surface area contributed by atoms with Crippen LogP contribution in [0.2, 0.25) is 0 Å². The number of hydrogen-bond donors (Lipinski definition) is 2. The summed E-state index contributed by atoms with van der Waals surface area (Å²) in [5.41, 5.74) is 2.40. The summed E-state index contributed by atoms with van der Waals surface area (Å²) in [6.07, 6.45) is 4.90. The smallest absolute Gasteiger partial charge is 0.242 e. The van der Waals surface area contributed by atoms with Crippen LogP contribution in [0, 0.1) is 5.82 Å². The van der Waals surface area contributed by atoms with Crippen molar-refractivity contribution in [1.82, 2.24) is 24.5 Å². The summed E-state index contributed by atoms with van der Waals surface area (Å²) in [5.74, 6) is 5.70. The molecule has 0 unspecified atom stereocenters. The van der Waals surface area contributed by atoms with Gasteiger partial charge in [0.25, 0.3) is 0 Å². The van der Waals surface area contributed by atoms with Gasteiger partial charge in [-0.1, -0.05) is 0 Å². The number of nitrogens with zero attached hydrogens (tertiary/aromatic N) is 5. The molecular weight excluding hydrogens is 293 g/mol. The summed E-state index contributed by atoms with van der Waals surface area (Å²) in [6.45, 7) is 0. The zero-order valence-corrected chi connectivity index (χ0v) is 11.5. The van der Waals surface area contributed by atoms with Gasteiger partial charge in [-0.05, 0) is 36.0 Å². The van der Waals surface area contributed by atoms with Crippen LogP contribution in [0.1, 0.15) is 0 Å². The van der Waals surface area contributed by atoms with Crippen molar-refractivity contribution in [3.8, 4) is 5.95 Å². The Kier molecular flexibility index (Phi) is 3.75. The highest BCUT2D eigenvalue weighted by atomic mass is 32.2. The minimum Gasteiger partial charge on any atom is -0.292 e. The van der Waals surface area contributed by atoms with Gasteiger partial charge in [0.15, 0.2) is 5.16 Å². The molecule has 0 spiro atoms. The predicted molar refractivity (Wildman–Crippen MR) is 75.3 cm³/mol. The molecule has 7 nitrogen and oxygen atoms in total. The molecule has 21 heavy (non-hydrogen) atoms. The molecule has 3 N–H and O–H groups in total. The molecule has 0 radical (unpaired) electrons. The number of benzene rings is 1. The second-order valence-corrected chi connectivity index (χ2v) is 4.95. The monoisotopic (exact) mass is 303 g/mol. The van der Waals surface area contributed by atoms with Gasteiger partial charge < -0.3 is 0 Å². The lowest BCUT2D eigenvalue weighted by Gasteiger charge is -2.06. The van der Waals surface area contributed by atoms with Crippen LogP contribution >= 0.6 is 11.8 Å². The molecule has 106 valence electrons. The zero-order valence-electron chi connectivity index (χ0n) is 10.6. The van der Waals surface area contributed by atoms with Crippen molar-refractivity contribution in [3.05, 3.63) is 48.8 Å². The van der Waals surface area contributed by atoms with E-state index in [0.29, 0.717) is 11.1 Å². The number of aromatic nitrogens is 5. The number of imidazole rings is 1. The number of rotatable bonds is 4. The molecule has 3 aromatic rings. The number of nitrogen functional groups attached to an aromatic ring is 1. The lowest BCUT2D eigenvalue weighted by Crippen LogP contribution is -2.13. The van der Waals surface area contributed by atoms with E-state index in [-0.39, 0.29) is 11.8 Å². The minimum atomic E-state index is -0.293. The summed E-state index contributed by atoms with van der Waals surface area (Å²) < 4.78 is 14.5. The molecule has 0 aliphatic rings. The third kappa shape index (κ3) is 3.15. The van der Waals surface area contributed by atoms with Crippen molar-refractivity contribution in [1.29, 1.82) is 0 Å². The number of nitrogens with one attached hydrogen (secondary N) is 1. The van der Waals surface area contributed by atoms with Crippen LogP contribution in [0.15, 0.2) is 53.0 Å². The largest absolute Gasteiger partial charge is 0.292 e. The molecule has 3 rings (SSSR count). The van der Waals surface area contributed by atoms with Gasteiger partial charge in [-0.15, -0.1) is 0 Å². The highest BCUT2D eigenvalue weighted by Crippen LogP contribution is 2.25. The minimum absolute atomic E-state index is 0.235. The van der Waals surface area contributed by atoms with Crippen LogP contribution in [-0.4, -0.2) is 24.5 Å². The van der Waals surface area contributed by atoms with Gasteiger partial charge >= 0.3 is 0 Å². The lowest BCUT2D eigenvalue weighted by atomic mass is 10.4. The van der Waals surface area contributed by atoms with E-state index in [4.69, 9.17) is 5.84 Å². The molecule has 0 amide bonds. The van der Waals surface area contributed by atoms with Gasteiger partial charge in [-0.2, -0.15) is 15.0 Å². The zero-order chi connectivity index (χ0) is 14.7. The first kappa shape index (κ1) is 13.5.